The quantitative estimate of drug-likeness (QED) is 0.843. The van der Waals surface area contributed by atoms with Crippen LogP contribution in [0.25, 0.3) is 0 Å². The van der Waals surface area contributed by atoms with Gasteiger partial charge in [-0.2, -0.15) is 0 Å². The molecular weight excluding hydrogens is 282 g/mol. The van der Waals surface area contributed by atoms with E-state index in [-0.39, 0.29) is 11.1 Å². The van der Waals surface area contributed by atoms with Gasteiger partial charge in [-0.1, -0.05) is 25.5 Å². The molecule has 0 aliphatic rings. The number of carbonyl (C=O) groups excluding carboxylic acids is 1. The maximum absolute atomic E-state index is 12.1. The zero-order chi connectivity index (χ0) is 16.1. The summed E-state index contributed by atoms with van der Waals surface area (Å²) in [5.41, 5.74) is 1.99. The Balaban J connectivity index is 2.19. The summed E-state index contributed by atoms with van der Waals surface area (Å²) in [6, 6.07) is 6.04. The molecule has 6 heteroatoms. The van der Waals surface area contributed by atoms with Gasteiger partial charge < -0.3 is 15.2 Å². The Morgan fingerprint density at radius 1 is 1.32 bits per heavy atom. The molecule has 0 aliphatic carbocycles. The average molecular weight is 300 g/mol. The maximum Gasteiger partial charge on any atom is 0.255 e. The number of carboxylic acids is 1. The molecular formula is C16H18N3O3-. The largest absolute Gasteiger partial charge is 0.545 e. The van der Waals surface area contributed by atoms with E-state index in [2.05, 4.69) is 22.2 Å². The minimum atomic E-state index is -1.23. The highest BCUT2D eigenvalue weighted by molar-refractivity contribution is 5.86. The normalized spacial score (nSPS) is 10.5. The number of hydrogen-bond donors (Lipinski definition) is 2. The lowest BCUT2D eigenvalue weighted by Gasteiger charge is -2.10. The van der Waals surface area contributed by atoms with E-state index < -0.39 is 5.97 Å². The lowest BCUT2D eigenvalue weighted by Crippen LogP contribution is -2.22. The second kappa shape index (κ2) is 6.89. The number of nitrogens with one attached hydrogen (secondary N) is 2. The predicted octanol–water partition coefficient (Wildman–Crippen LogP) is 1.53. The van der Waals surface area contributed by atoms with Crippen LogP contribution >= 0.6 is 0 Å². The van der Waals surface area contributed by atoms with Crippen LogP contribution in [0.1, 0.15) is 41.4 Å². The molecule has 0 radical (unpaired) electrons. The summed E-state index contributed by atoms with van der Waals surface area (Å²) in [6.45, 7) is 3.88. The number of aromatic amines is 1. The lowest BCUT2D eigenvalue weighted by molar-refractivity contribution is -0.255. The number of unbranched alkanes of at least 4 members (excludes halogenated alkanes) is 1. The molecule has 1 aromatic carbocycles. The van der Waals surface area contributed by atoms with E-state index in [0.29, 0.717) is 29.3 Å². The monoisotopic (exact) mass is 300 g/mol. The van der Waals surface area contributed by atoms with Gasteiger partial charge in [0, 0.05) is 16.9 Å². The topological polar surface area (TPSA) is 97.9 Å². The zero-order valence-electron chi connectivity index (χ0n) is 12.6. The maximum atomic E-state index is 12.1. The molecule has 2 N–H and O–H groups in total. The molecule has 0 amide bonds. The third-order valence-electron chi connectivity index (χ3n) is 3.39. The van der Waals surface area contributed by atoms with Crippen molar-refractivity contribution in [3.63, 3.8) is 0 Å². The van der Waals surface area contributed by atoms with Crippen molar-refractivity contribution in [2.24, 2.45) is 0 Å². The fourth-order valence-corrected chi connectivity index (χ4v) is 2.14. The molecule has 0 saturated heterocycles. The van der Waals surface area contributed by atoms with Crippen LogP contribution in [0, 0.1) is 6.92 Å². The van der Waals surface area contributed by atoms with Gasteiger partial charge in [0.2, 0.25) is 5.95 Å². The number of H-pyrrole nitrogens is 1. The number of anilines is 2. The van der Waals surface area contributed by atoms with Crippen molar-refractivity contribution < 1.29 is 9.90 Å². The summed E-state index contributed by atoms with van der Waals surface area (Å²) in [5, 5.41) is 13.6. The highest BCUT2D eigenvalue weighted by Crippen LogP contribution is 2.14. The Bertz CT molecular complexity index is 720. The summed E-state index contributed by atoms with van der Waals surface area (Å²) in [5.74, 6) is -0.891. The summed E-state index contributed by atoms with van der Waals surface area (Å²) >= 11 is 0. The molecule has 0 atom stereocenters. The van der Waals surface area contributed by atoms with Crippen molar-refractivity contribution in [1.29, 1.82) is 0 Å². The van der Waals surface area contributed by atoms with E-state index in [9.17, 15) is 14.7 Å². The summed E-state index contributed by atoms with van der Waals surface area (Å²) in [6.07, 6.45) is 2.68. The summed E-state index contributed by atoms with van der Waals surface area (Å²) < 4.78 is 0. The van der Waals surface area contributed by atoms with Gasteiger partial charge in [0.15, 0.2) is 0 Å². The number of nitrogens with zero attached hydrogens (tertiary/aromatic N) is 1. The van der Waals surface area contributed by atoms with Crippen LogP contribution < -0.4 is 16.0 Å². The molecule has 0 saturated carbocycles. The van der Waals surface area contributed by atoms with E-state index in [1.807, 2.05) is 6.92 Å². The first-order valence-corrected chi connectivity index (χ1v) is 7.19. The number of carbonyl (C=O) groups is 1. The minimum Gasteiger partial charge on any atom is -0.545 e. The third kappa shape index (κ3) is 3.72. The van der Waals surface area contributed by atoms with Gasteiger partial charge in [-0.05, 0) is 37.5 Å². The van der Waals surface area contributed by atoms with E-state index in [0.717, 1.165) is 12.8 Å². The van der Waals surface area contributed by atoms with Gasteiger partial charge in [-0.3, -0.25) is 9.78 Å². The number of aromatic nitrogens is 2. The molecule has 22 heavy (non-hydrogen) atoms. The third-order valence-corrected chi connectivity index (χ3v) is 3.39. The number of benzene rings is 1. The van der Waals surface area contributed by atoms with Gasteiger partial charge in [0.1, 0.15) is 0 Å². The fourth-order valence-electron chi connectivity index (χ4n) is 2.14. The Morgan fingerprint density at radius 2 is 2.00 bits per heavy atom. The Labute approximate surface area is 128 Å². The molecule has 0 spiro atoms. The first-order valence-electron chi connectivity index (χ1n) is 7.19. The molecule has 0 aliphatic heterocycles. The number of carboxylic acid groups (broad SMARTS) is 1. The van der Waals surface area contributed by atoms with E-state index >= 15 is 0 Å². The number of aryl methyl sites for hydroxylation is 1. The number of hydrogen-bond acceptors (Lipinski definition) is 5. The van der Waals surface area contributed by atoms with Crippen LogP contribution in [0.15, 0.2) is 29.1 Å². The molecule has 2 rings (SSSR count). The Morgan fingerprint density at radius 3 is 2.55 bits per heavy atom. The molecule has 2 aromatic rings. The molecule has 6 nitrogen and oxygen atoms in total. The van der Waals surface area contributed by atoms with Gasteiger partial charge in [0.05, 0.1) is 5.97 Å². The average Bonchev–Trinajstić information content (AvgIpc) is 2.47. The van der Waals surface area contributed by atoms with Crippen molar-refractivity contribution in [2.45, 2.75) is 33.1 Å². The standard InChI is InChI=1S/C16H19N3O3/c1-3-4-5-13-10(2)17-16(19-14(13)20)18-12-8-6-11(7-9-12)15(21)22/h6-9H,3-5H2,1-2H3,(H,21,22)(H2,17,18,19,20)/p-1. The molecule has 116 valence electrons. The van der Waals surface area contributed by atoms with Crippen molar-refractivity contribution in [3.8, 4) is 0 Å². The lowest BCUT2D eigenvalue weighted by atomic mass is 10.1. The minimum absolute atomic E-state index is 0.0955. The SMILES string of the molecule is CCCCc1c(C)nc(Nc2ccc(C(=O)[O-])cc2)[nH]c1=O. The highest BCUT2D eigenvalue weighted by Gasteiger charge is 2.08. The van der Waals surface area contributed by atoms with Crippen LogP contribution in [0.2, 0.25) is 0 Å². The van der Waals surface area contributed by atoms with Gasteiger partial charge in [0.25, 0.3) is 5.56 Å². The van der Waals surface area contributed by atoms with Gasteiger partial charge in [-0.25, -0.2) is 4.98 Å². The summed E-state index contributed by atoms with van der Waals surface area (Å²) in [7, 11) is 0. The Hall–Kier alpha value is -2.63. The molecule has 0 bridgehead atoms. The van der Waals surface area contributed by atoms with Gasteiger partial charge in [-0.15, -0.1) is 0 Å². The highest BCUT2D eigenvalue weighted by atomic mass is 16.4. The second-order valence-corrected chi connectivity index (χ2v) is 5.07. The predicted molar refractivity (Wildman–Crippen MR) is 82.3 cm³/mol. The second-order valence-electron chi connectivity index (χ2n) is 5.07. The zero-order valence-corrected chi connectivity index (χ0v) is 12.6. The number of aromatic carboxylic acids is 1. The van der Waals surface area contributed by atoms with Crippen molar-refractivity contribution in [2.75, 3.05) is 5.32 Å². The smallest absolute Gasteiger partial charge is 0.255 e. The molecule has 0 fully saturated rings. The fraction of sp³-hybridized carbons (Fsp3) is 0.312. The van der Waals surface area contributed by atoms with Crippen LogP contribution in [-0.4, -0.2) is 15.9 Å². The van der Waals surface area contributed by atoms with E-state index in [1.54, 1.807) is 12.1 Å². The van der Waals surface area contributed by atoms with Crippen molar-refractivity contribution in [1.82, 2.24) is 9.97 Å². The van der Waals surface area contributed by atoms with Crippen LogP contribution in [0.4, 0.5) is 11.6 Å². The Kier molecular flexibility index (Phi) is 4.93. The summed E-state index contributed by atoms with van der Waals surface area (Å²) in [4.78, 5) is 29.8. The van der Waals surface area contributed by atoms with Crippen molar-refractivity contribution >= 4 is 17.6 Å². The van der Waals surface area contributed by atoms with E-state index in [4.69, 9.17) is 0 Å². The van der Waals surface area contributed by atoms with E-state index in [1.165, 1.54) is 12.1 Å². The van der Waals surface area contributed by atoms with Crippen molar-refractivity contribution in [3.05, 3.63) is 51.4 Å². The van der Waals surface area contributed by atoms with Crippen LogP contribution in [-0.2, 0) is 6.42 Å². The van der Waals surface area contributed by atoms with Crippen LogP contribution in [0.5, 0.6) is 0 Å². The molecule has 1 heterocycles. The van der Waals surface area contributed by atoms with Crippen LogP contribution in [0.3, 0.4) is 0 Å². The molecule has 0 unspecified atom stereocenters. The first kappa shape index (κ1) is 15.8. The van der Waals surface area contributed by atoms with Gasteiger partial charge >= 0.3 is 0 Å². The molecule has 1 aromatic heterocycles. The number of rotatable bonds is 6. The first-order chi connectivity index (χ1) is 10.5.